The number of fused-ring (bicyclic) bond motifs is 1. The van der Waals surface area contributed by atoms with Crippen LogP contribution in [-0.4, -0.2) is 58.8 Å². The third-order valence-corrected chi connectivity index (χ3v) is 5.32. The zero-order valence-electron chi connectivity index (χ0n) is 16.9. The smallest absolute Gasteiger partial charge is 0.295 e. The molecule has 1 saturated heterocycles. The predicted octanol–water partition coefficient (Wildman–Crippen LogP) is 3.22. The van der Waals surface area contributed by atoms with Crippen LogP contribution >= 0.6 is 0 Å². The molecule has 152 valence electrons. The number of carbonyl (C=O) groups is 2. The number of likely N-dealkylation sites (N-methyl/N-ethyl adjacent to an activating group) is 1. The van der Waals surface area contributed by atoms with Gasteiger partial charge in [-0.05, 0) is 43.1 Å². The van der Waals surface area contributed by atoms with Gasteiger partial charge < -0.3 is 14.9 Å². The van der Waals surface area contributed by atoms with Crippen molar-refractivity contribution >= 4 is 28.2 Å². The summed E-state index contributed by atoms with van der Waals surface area (Å²) in [6.07, 6.45) is 1.62. The van der Waals surface area contributed by atoms with E-state index < -0.39 is 17.7 Å². The molecule has 0 saturated carbocycles. The van der Waals surface area contributed by atoms with Crippen LogP contribution < -0.4 is 0 Å². The first-order valence-corrected chi connectivity index (χ1v) is 9.80. The third-order valence-electron chi connectivity index (χ3n) is 5.32. The minimum atomic E-state index is -0.724. The number of aliphatic hydroxyl groups excluding tert-OH is 1. The average Bonchev–Trinajstić information content (AvgIpc) is 3.02. The van der Waals surface area contributed by atoms with E-state index >= 15 is 0 Å². The molecule has 1 fully saturated rings. The molecule has 1 aromatic heterocycles. The number of likely N-dealkylation sites (tertiary alicyclic amines) is 1. The summed E-state index contributed by atoms with van der Waals surface area (Å²) in [5.41, 5.74) is 1.13. The molecular formula is C24H23N3O3. The monoisotopic (exact) mass is 401 g/mol. The van der Waals surface area contributed by atoms with E-state index in [-0.39, 0.29) is 11.3 Å². The van der Waals surface area contributed by atoms with Gasteiger partial charge in [-0.3, -0.25) is 14.6 Å². The van der Waals surface area contributed by atoms with Crippen LogP contribution in [-0.2, 0) is 9.59 Å². The van der Waals surface area contributed by atoms with Gasteiger partial charge in [0.15, 0.2) is 0 Å². The fourth-order valence-corrected chi connectivity index (χ4v) is 3.76. The molecule has 3 aromatic rings. The lowest BCUT2D eigenvalue weighted by atomic mass is 9.97. The molecule has 1 N–H and O–H groups in total. The van der Waals surface area contributed by atoms with Gasteiger partial charge in [0, 0.05) is 24.8 Å². The minimum Gasteiger partial charge on any atom is -0.507 e. The molecule has 2 aromatic carbocycles. The number of amides is 1. The van der Waals surface area contributed by atoms with Crippen LogP contribution in [0.25, 0.3) is 16.5 Å². The van der Waals surface area contributed by atoms with Gasteiger partial charge in [-0.2, -0.15) is 0 Å². The van der Waals surface area contributed by atoms with Gasteiger partial charge in [0.1, 0.15) is 11.8 Å². The van der Waals surface area contributed by atoms with Crippen molar-refractivity contribution in [2.75, 3.05) is 27.2 Å². The van der Waals surface area contributed by atoms with Crippen LogP contribution in [0.15, 0.2) is 72.4 Å². The van der Waals surface area contributed by atoms with E-state index in [4.69, 9.17) is 0 Å². The van der Waals surface area contributed by atoms with Crippen molar-refractivity contribution in [2.24, 2.45) is 0 Å². The van der Waals surface area contributed by atoms with E-state index in [1.54, 1.807) is 24.4 Å². The predicted molar refractivity (Wildman–Crippen MR) is 116 cm³/mol. The fraction of sp³-hybridized carbons (Fsp3) is 0.208. The second-order valence-electron chi connectivity index (χ2n) is 7.61. The Morgan fingerprint density at radius 1 is 1.03 bits per heavy atom. The largest absolute Gasteiger partial charge is 0.507 e. The highest BCUT2D eigenvalue weighted by Gasteiger charge is 2.46. The van der Waals surface area contributed by atoms with Crippen LogP contribution in [0, 0.1) is 0 Å². The van der Waals surface area contributed by atoms with Crippen LogP contribution in [0.2, 0.25) is 0 Å². The minimum absolute atomic E-state index is 0.0766. The summed E-state index contributed by atoms with van der Waals surface area (Å²) >= 11 is 0. The number of Topliss-reactive ketones (excluding diaryl/α,β-unsaturated/α-hetero) is 1. The Morgan fingerprint density at radius 3 is 2.47 bits per heavy atom. The van der Waals surface area contributed by atoms with Crippen molar-refractivity contribution in [1.29, 1.82) is 0 Å². The molecule has 0 bridgehead atoms. The number of hydrogen-bond donors (Lipinski definition) is 1. The number of rotatable bonds is 5. The lowest BCUT2D eigenvalue weighted by molar-refractivity contribution is -0.140. The first kappa shape index (κ1) is 19.8. The number of hydrogen-bond acceptors (Lipinski definition) is 5. The highest BCUT2D eigenvalue weighted by atomic mass is 16.3. The summed E-state index contributed by atoms with van der Waals surface area (Å²) in [6, 6.07) is 17.9. The Morgan fingerprint density at radius 2 is 1.77 bits per heavy atom. The molecule has 4 rings (SSSR count). The maximum atomic E-state index is 13.0. The van der Waals surface area contributed by atoms with Gasteiger partial charge in [-0.1, -0.05) is 42.5 Å². The summed E-state index contributed by atoms with van der Waals surface area (Å²) in [6.45, 7) is 0.944. The second-order valence-corrected chi connectivity index (χ2v) is 7.61. The molecule has 6 heteroatoms. The molecule has 1 atom stereocenters. The van der Waals surface area contributed by atoms with Crippen molar-refractivity contribution in [1.82, 2.24) is 14.8 Å². The van der Waals surface area contributed by atoms with E-state index in [0.29, 0.717) is 24.3 Å². The fourth-order valence-electron chi connectivity index (χ4n) is 3.76. The first-order chi connectivity index (χ1) is 14.5. The molecule has 0 aliphatic carbocycles. The molecule has 0 radical (unpaired) electrons. The van der Waals surface area contributed by atoms with Crippen LogP contribution in [0.5, 0.6) is 0 Å². The lowest BCUT2D eigenvalue weighted by Gasteiger charge is -2.25. The number of nitrogens with zero attached hydrogens (tertiary/aromatic N) is 3. The average molecular weight is 401 g/mol. The Balaban J connectivity index is 1.85. The van der Waals surface area contributed by atoms with Gasteiger partial charge in [0.25, 0.3) is 11.7 Å². The number of pyridine rings is 1. The van der Waals surface area contributed by atoms with Crippen molar-refractivity contribution < 1.29 is 14.7 Å². The maximum Gasteiger partial charge on any atom is 0.295 e. The SMILES string of the molecule is CN(C)CCN1C(=O)C(=O)/C(=C(\O)c2ccc3ccccc3c2)C1c1ccccn1. The maximum absolute atomic E-state index is 13.0. The Labute approximate surface area is 175 Å². The van der Waals surface area contributed by atoms with Crippen molar-refractivity contribution in [3.05, 3.63) is 83.7 Å². The molecule has 1 amide bonds. The third kappa shape index (κ3) is 3.57. The normalized spacial score (nSPS) is 18.5. The van der Waals surface area contributed by atoms with Crippen molar-refractivity contribution in [2.45, 2.75) is 6.04 Å². The highest BCUT2D eigenvalue weighted by Crippen LogP contribution is 2.38. The van der Waals surface area contributed by atoms with Crippen LogP contribution in [0.1, 0.15) is 17.3 Å². The van der Waals surface area contributed by atoms with Gasteiger partial charge in [-0.25, -0.2) is 0 Å². The number of benzene rings is 2. The van der Waals surface area contributed by atoms with E-state index in [9.17, 15) is 14.7 Å². The number of ketones is 1. The van der Waals surface area contributed by atoms with E-state index in [1.165, 1.54) is 4.90 Å². The van der Waals surface area contributed by atoms with E-state index in [2.05, 4.69) is 4.98 Å². The number of carbonyl (C=O) groups excluding carboxylic acids is 2. The van der Waals surface area contributed by atoms with E-state index in [1.807, 2.05) is 61.5 Å². The van der Waals surface area contributed by atoms with E-state index in [0.717, 1.165) is 10.8 Å². The molecule has 1 aliphatic heterocycles. The summed E-state index contributed by atoms with van der Waals surface area (Å²) in [7, 11) is 3.81. The van der Waals surface area contributed by atoms with Gasteiger partial charge >= 0.3 is 0 Å². The zero-order chi connectivity index (χ0) is 21.3. The topological polar surface area (TPSA) is 73.7 Å². The summed E-state index contributed by atoms with van der Waals surface area (Å²) in [4.78, 5) is 33.6. The molecule has 1 aliphatic rings. The first-order valence-electron chi connectivity index (χ1n) is 9.80. The summed E-state index contributed by atoms with van der Waals surface area (Å²) in [5, 5.41) is 13.1. The van der Waals surface area contributed by atoms with Crippen molar-refractivity contribution in [3.8, 4) is 0 Å². The van der Waals surface area contributed by atoms with Gasteiger partial charge in [-0.15, -0.1) is 0 Å². The lowest BCUT2D eigenvalue weighted by Crippen LogP contribution is -2.35. The number of aromatic nitrogens is 1. The Kier molecular flexibility index (Phi) is 5.33. The molecule has 6 nitrogen and oxygen atoms in total. The van der Waals surface area contributed by atoms with Gasteiger partial charge in [0.2, 0.25) is 0 Å². The highest BCUT2D eigenvalue weighted by molar-refractivity contribution is 6.46. The molecule has 0 spiro atoms. The van der Waals surface area contributed by atoms with Crippen molar-refractivity contribution in [3.63, 3.8) is 0 Å². The second kappa shape index (κ2) is 8.08. The Hall–Kier alpha value is -3.51. The van der Waals surface area contributed by atoms with Crippen LogP contribution in [0.4, 0.5) is 0 Å². The van der Waals surface area contributed by atoms with Gasteiger partial charge in [0.05, 0.1) is 11.3 Å². The van der Waals surface area contributed by atoms with Crippen LogP contribution in [0.3, 0.4) is 0 Å². The molecular weight excluding hydrogens is 378 g/mol. The summed E-state index contributed by atoms with van der Waals surface area (Å²) < 4.78 is 0. The molecule has 1 unspecified atom stereocenters. The summed E-state index contributed by atoms with van der Waals surface area (Å²) in [5.74, 6) is -1.48. The molecule has 30 heavy (non-hydrogen) atoms. The Bertz CT molecular complexity index is 1140. The molecule has 2 heterocycles. The quantitative estimate of drug-likeness (QED) is 0.404. The number of aliphatic hydroxyl groups is 1. The zero-order valence-corrected chi connectivity index (χ0v) is 16.9. The standard InChI is InChI=1S/C24H23N3O3/c1-26(2)13-14-27-21(19-9-5-6-12-25-19)20(23(29)24(27)30)22(28)18-11-10-16-7-3-4-8-17(16)15-18/h3-12,15,21,28H,13-14H2,1-2H3/b22-20-.